The van der Waals surface area contributed by atoms with E-state index in [4.69, 9.17) is 19.2 Å². The molecule has 98 valence electrons. The molecular formula is C14H13NO4. The van der Waals surface area contributed by atoms with Crippen molar-refractivity contribution in [3.63, 3.8) is 0 Å². The fraction of sp³-hybridized carbons (Fsp3) is 0.286. The second-order valence-corrected chi connectivity index (χ2v) is 3.88. The molecule has 0 radical (unpaired) electrons. The third kappa shape index (κ3) is 2.52. The Balaban J connectivity index is 2.39. The van der Waals surface area contributed by atoms with E-state index in [9.17, 15) is 4.79 Å². The zero-order chi connectivity index (χ0) is 13.8. The molecule has 0 aliphatic heterocycles. The first-order chi connectivity index (χ1) is 9.17. The molecule has 0 saturated carbocycles. The van der Waals surface area contributed by atoms with Gasteiger partial charge in [0.15, 0.2) is 6.61 Å². The van der Waals surface area contributed by atoms with E-state index in [-0.39, 0.29) is 12.4 Å². The summed E-state index contributed by atoms with van der Waals surface area (Å²) in [6, 6.07) is 7.08. The lowest BCUT2D eigenvalue weighted by molar-refractivity contribution is 0.0520. The number of nitrogens with zero attached hydrogens (tertiary/aromatic N) is 1. The molecule has 0 fully saturated rings. The Kier molecular flexibility index (Phi) is 3.71. The Morgan fingerprint density at radius 1 is 1.47 bits per heavy atom. The first-order valence-electron chi connectivity index (χ1n) is 5.87. The Hall–Kier alpha value is -2.48. The summed E-state index contributed by atoms with van der Waals surface area (Å²) in [7, 11) is 0. The Bertz CT molecular complexity index is 651. The number of nitriles is 1. The number of benzene rings is 1. The minimum atomic E-state index is -0.631. The number of ether oxygens (including phenoxy) is 2. The summed E-state index contributed by atoms with van der Waals surface area (Å²) in [6.45, 7) is 3.95. The molecule has 19 heavy (non-hydrogen) atoms. The van der Waals surface area contributed by atoms with Gasteiger partial charge in [0, 0.05) is 10.9 Å². The molecule has 0 N–H and O–H groups in total. The molecule has 0 spiro atoms. The smallest absolute Gasteiger partial charge is 0.375 e. The summed E-state index contributed by atoms with van der Waals surface area (Å²) in [5, 5.41) is 9.19. The van der Waals surface area contributed by atoms with Crippen LogP contribution < -0.4 is 4.74 Å². The molecule has 0 aliphatic rings. The van der Waals surface area contributed by atoms with Gasteiger partial charge in [-0.2, -0.15) is 5.26 Å². The van der Waals surface area contributed by atoms with Crippen LogP contribution >= 0.6 is 0 Å². The normalized spacial score (nSPS) is 10.2. The van der Waals surface area contributed by atoms with Crippen molar-refractivity contribution in [3.05, 3.63) is 29.5 Å². The van der Waals surface area contributed by atoms with Crippen LogP contribution in [0.4, 0.5) is 0 Å². The van der Waals surface area contributed by atoms with Crippen molar-refractivity contribution < 1.29 is 18.7 Å². The molecule has 1 aromatic carbocycles. The van der Waals surface area contributed by atoms with Crippen molar-refractivity contribution in [3.8, 4) is 11.8 Å². The van der Waals surface area contributed by atoms with Gasteiger partial charge in [-0.1, -0.05) is 0 Å². The summed E-state index contributed by atoms with van der Waals surface area (Å²) >= 11 is 0. The van der Waals surface area contributed by atoms with Crippen LogP contribution in [0.3, 0.4) is 0 Å². The van der Waals surface area contributed by atoms with E-state index in [0.717, 1.165) is 11.1 Å². The Morgan fingerprint density at radius 3 is 2.95 bits per heavy atom. The predicted molar refractivity (Wildman–Crippen MR) is 68.0 cm³/mol. The van der Waals surface area contributed by atoms with Crippen molar-refractivity contribution >= 4 is 16.9 Å². The van der Waals surface area contributed by atoms with Crippen LogP contribution in [0.15, 0.2) is 22.6 Å². The van der Waals surface area contributed by atoms with E-state index < -0.39 is 5.97 Å². The molecule has 0 unspecified atom stereocenters. The van der Waals surface area contributed by atoms with Gasteiger partial charge < -0.3 is 13.9 Å². The highest BCUT2D eigenvalue weighted by Crippen LogP contribution is 2.29. The van der Waals surface area contributed by atoms with Gasteiger partial charge in [0.05, 0.1) is 6.61 Å². The van der Waals surface area contributed by atoms with E-state index in [1.807, 2.05) is 13.0 Å². The number of carbonyl (C=O) groups is 1. The van der Waals surface area contributed by atoms with Crippen LogP contribution in [0, 0.1) is 18.3 Å². The standard InChI is InChI=1S/C14H13NO4/c1-3-17-10-4-5-12-11(8-10)9(2)13(19-12)14(16)18-7-6-15/h4-5,8H,3,7H2,1-2H3. The third-order valence-electron chi connectivity index (χ3n) is 2.67. The monoisotopic (exact) mass is 259 g/mol. The minimum absolute atomic E-state index is 0.124. The Morgan fingerprint density at radius 2 is 2.26 bits per heavy atom. The van der Waals surface area contributed by atoms with Crippen molar-refractivity contribution in [2.75, 3.05) is 13.2 Å². The van der Waals surface area contributed by atoms with Crippen molar-refractivity contribution in [1.29, 1.82) is 5.26 Å². The second-order valence-electron chi connectivity index (χ2n) is 3.88. The fourth-order valence-electron chi connectivity index (χ4n) is 1.81. The molecule has 5 heteroatoms. The van der Waals surface area contributed by atoms with E-state index in [0.29, 0.717) is 17.8 Å². The predicted octanol–water partition coefficient (Wildman–Crippen LogP) is 2.82. The summed E-state index contributed by atoms with van der Waals surface area (Å²) in [4.78, 5) is 11.7. The number of aryl methyl sites for hydroxylation is 1. The maximum Gasteiger partial charge on any atom is 0.375 e. The van der Waals surface area contributed by atoms with Crippen LogP contribution in [-0.2, 0) is 4.74 Å². The molecule has 0 saturated heterocycles. The van der Waals surface area contributed by atoms with Gasteiger partial charge in [0.25, 0.3) is 0 Å². The summed E-state index contributed by atoms with van der Waals surface area (Å²) in [6.07, 6.45) is 0. The topological polar surface area (TPSA) is 72.5 Å². The molecule has 2 rings (SSSR count). The number of carbonyl (C=O) groups excluding carboxylic acids is 1. The largest absolute Gasteiger partial charge is 0.494 e. The molecular weight excluding hydrogens is 246 g/mol. The highest BCUT2D eigenvalue weighted by Gasteiger charge is 2.19. The van der Waals surface area contributed by atoms with E-state index in [1.165, 1.54) is 0 Å². The molecule has 0 aliphatic carbocycles. The summed E-state index contributed by atoms with van der Waals surface area (Å²) < 4.78 is 15.6. The van der Waals surface area contributed by atoms with Gasteiger partial charge in [0.1, 0.15) is 17.4 Å². The van der Waals surface area contributed by atoms with Gasteiger partial charge in [-0.05, 0) is 32.0 Å². The van der Waals surface area contributed by atoms with E-state index in [1.54, 1.807) is 25.1 Å². The number of esters is 1. The molecule has 0 bridgehead atoms. The van der Waals surface area contributed by atoms with E-state index in [2.05, 4.69) is 0 Å². The first kappa shape index (κ1) is 13.0. The molecule has 2 aromatic rings. The van der Waals surface area contributed by atoms with Gasteiger partial charge in [-0.3, -0.25) is 0 Å². The van der Waals surface area contributed by atoms with Crippen molar-refractivity contribution in [1.82, 2.24) is 0 Å². The maximum absolute atomic E-state index is 11.7. The number of rotatable bonds is 4. The minimum Gasteiger partial charge on any atom is -0.494 e. The molecule has 1 heterocycles. The van der Waals surface area contributed by atoms with Crippen LogP contribution in [-0.4, -0.2) is 19.2 Å². The Labute approximate surface area is 110 Å². The summed E-state index contributed by atoms with van der Waals surface area (Å²) in [5.41, 5.74) is 1.27. The van der Waals surface area contributed by atoms with Gasteiger partial charge in [-0.25, -0.2) is 4.79 Å². The lowest BCUT2D eigenvalue weighted by Gasteiger charge is -2.01. The molecule has 5 nitrogen and oxygen atoms in total. The lowest BCUT2D eigenvalue weighted by Crippen LogP contribution is -2.05. The number of furan rings is 1. The van der Waals surface area contributed by atoms with Crippen LogP contribution in [0.1, 0.15) is 23.0 Å². The van der Waals surface area contributed by atoms with Crippen LogP contribution in [0.5, 0.6) is 5.75 Å². The average Bonchev–Trinajstić information content (AvgIpc) is 2.74. The number of hydrogen-bond donors (Lipinski definition) is 0. The van der Waals surface area contributed by atoms with Gasteiger partial charge in [-0.15, -0.1) is 0 Å². The third-order valence-corrected chi connectivity index (χ3v) is 2.67. The van der Waals surface area contributed by atoms with E-state index >= 15 is 0 Å². The summed E-state index contributed by atoms with van der Waals surface area (Å²) in [5.74, 6) is 0.211. The molecule has 0 atom stereocenters. The zero-order valence-electron chi connectivity index (χ0n) is 10.7. The molecule has 0 amide bonds. The number of fused-ring (bicyclic) bond motifs is 1. The maximum atomic E-state index is 11.7. The molecule has 1 aromatic heterocycles. The van der Waals surface area contributed by atoms with Crippen LogP contribution in [0.25, 0.3) is 11.0 Å². The van der Waals surface area contributed by atoms with Gasteiger partial charge in [0.2, 0.25) is 5.76 Å². The second kappa shape index (κ2) is 5.44. The van der Waals surface area contributed by atoms with Crippen molar-refractivity contribution in [2.45, 2.75) is 13.8 Å². The lowest BCUT2D eigenvalue weighted by atomic mass is 10.1. The highest BCUT2D eigenvalue weighted by molar-refractivity contribution is 5.96. The van der Waals surface area contributed by atoms with Crippen molar-refractivity contribution in [2.24, 2.45) is 0 Å². The van der Waals surface area contributed by atoms with Gasteiger partial charge >= 0.3 is 5.97 Å². The first-order valence-corrected chi connectivity index (χ1v) is 5.87. The quantitative estimate of drug-likeness (QED) is 0.789. The van der Waals surface area contributed by atoms with Crippen LogP contribution in [0.2, 0.25) is 0 Å². The zero-order valence-corrected chi connectivity index (χ0v) is 10.7. The SMILES string of the molecule is CCOc1ccc2oc(C(=O)OCC#N)c(C)c2c1. The number of hydrogen-bond acceptors (Lipinski definition) is 5. The highest BCUT2D eigenvalue weighted by atomic mass is 16.5. The average molecular weight is 259 g/mol. The fourth-order valence-corrected chi connectivity index (χ4v) is 1.81.